The molecule has 0 atom stereocenters. The van der Waals surface area contributed by atoms with Crippen LogP contribution in [0.1, 0.15) is 34.3 Å². The van der Waals surface area contributed by atoms with Gasteiger partial charge in [-0.2, -0.15) is 0 Å². The number of carbonyl (C=O) groups excluding carboxylic acids is 2. The van der Waals surface area contributed by atoms with Gasteiger partial charge >= 0.3 is 0 Å². The first-order valence-corrected chi connectivity index (χ1v) is 10.4. The third kappa shape index (κ3) is 5.32. The molecule has 0 aliphatic carbocycles. The van der Waals surface area contributed by atoms with E-state index < -0.39 is 0 Å². The molecule has 30 heavy (non-hydrogen) atoms. The van der Waals surface area contributed by atoms with Gasteiger partial charge in [0, 0.05) is 38.2 Å². The Balaban J connectivity index is 1.42. The Hall–Kier alpha value is -3.02. The Bertz CT molecular complexity index is 868. The predicted molar refractivity (Wildman–Crippen MR) is 116 cm³/mol. The van der Waals surface area contributed by atoms with Gasteiger partial charge in [0.05, 0.1) is 13.7 Å². The van der Waals surface area contributed by atoms with Crippen molar-refractivity contribution in [3.63, 3.8) is 0 Å². The number of amides is 2. The molecule has 0 bridgehead atoms. The molecular weight excluding hydrogens is 380 g/mol. The smallest absolute Gasteiger partial charge is 0.254 e. The van der Waals surface area contributed by atoms with Crippen LogP contribution >= 0.6 is 0 Å². The Labute approximate surface area is 178 Å². The van der Waals surface area contributed by atoms with Crippen molar-refractivity contribution in [1.29, 1.82) is 0 Å². The predicted octanol–water partition coefficient (Wildman–Crippen LogP) is 3.46. The van der Waals surface area contributed by atoms with E-state index in [1.165, 1.54) is 0 Å². The van der Waals surface area contributed by atoms with Gasteiger partial charge in [-0.1, -0.05) is 24.3 Å². The van der Waals surface area contributed by atoms with Crippen LogP contribution in [0.4, 0.5) is 0 Å². The quantitative estimate of drug-likeness (QED) is 0.656. The maximum Gasteiger partial charge on any atom is 0.254 e. The minimum atomic E-state index is -0.0250. The van der Waals surface area contributed by atoms with Crippen molar-refractivity contribution < 1.29 is 19.1 Å². The number of carbonyl (C=O) groups is 2. The molecular formula is C24H30N2O4. The molecule has 1 heterocycles. The average Bonchev–Trinajstić information content (AvgIpc) is 2.77. The molecule has 1 saturated heterocycles. The number of hydrogen-bond donors (Lipinski definition) is 0. The first kappa shape index (κ1) is 21.7. The van der Waals surface area contributed by atoms with E-state index in [0.29, 0.717) is 56.9 Å². The summed E-state index contributed by atoms with van der Waals surface area (Å²) in [5, 5.41) is 0. The standard InChI is InChI=1S/C24H30N2O4/c1-18-7-4-8-19(2)23(18)30-16-6-11-22(27)25-12-14-26(15-13-25)24(28)20-9-5-10-21(17-20)29-3/h4-5,7-10,17H,6,11-16H2,1-3H3. The van der Waals surface area contributed by atoms with Gasteiger partial charge < -0.3 is 19.3 Å². The lowest BCUT2D eigenvalue weighted by Crippen LogP contribution is -2.50. The van der Waals surface area contributed by atoms with Crippen LogP contribution in [0.3, 0.4) is 0 Å². The second-order valence-corrected chi connectivity index (χ2v) is 7.58. The maximum atomic E-state index is 12.7. The van der Waals surface area contributed by atoms with Gasteiger partial charge in [0.1, 0.15) is 11.5 Å². The van der Waals surface area contributed by atoms with E-state index in [2.05, 4.69) is 0 Å². The van der Waals surface area contributed by atoms with Gasteiger partial charge in [-0.3, -0.25) is 9.59 Å². The first-order valence-electron chi connectivity index (χ1n) is 10.4. The van der Waals surface area contributed by atoms with Gasteiger partial charge in [-0.25, -0.2) is 0 Å². The fourth-order valence-corrected chi connectivity index (χ4v) is 3.68. The maximum absolute atomic E-state index is 12.7. The summed E-state index contributed by atoms with van der Waals surface area (Å²) in [7, 11) is 1.58. The van der Waals surface area contributed by atoms with E-state index >= 15 is 0 Å². The van der Waals surface area contributed by atoms with Crippen molar-refractivity contribution in [1.82, 2.24) is 9.80 Å². The number of methoxy groups -OCH3 is 1. The van der Waals surface area contributed by atoms with Gasteiger partial charge in [0.2, 0.25) is 5.91 Å². The van der Waals surface area contributed by atoms with E-state index in [1.807, 2.05) is 49.1 Å². The zero-order valence-electron chi connectivity index (χ0n) is 18.0. The van der Waals surface area contributed by atoms with E-state index in [-0.39, 0.29) is 11.8 Å². The molecule has 3 rings (SSSR count). The number of para-hydroxylation sites is 1. The number of aryl methyl sites for hydroxylation is 2. The molecule has 2 aromatic rings. The first-order chi connectivity index (χ1) is 14.5. The van der Waals surface area contributed by atoms with Crippen molar-refractivity contribution in [2.75, 3.05) is 39.9 Å². The summed E-state index contributed by atoms with van der Waals surface area (Å²) in [5.41, 5.74) is 2.83. The number of rotatable bonds is 7. The minimum absolute atomic E-state index is 0.0250. The van der Waals surface area contributed by atoms with Gasteiger partial charge in [0.15, 0.2) is 0 Å². The van der Waals surface area contributed by atoms with Crippen LogP contribution in [-0.2, 0) is 4.79 Å². The molecule has 1 aliphatic heterocycles. The topological polar surface area (TPSA) is 59.1 Å². The molecule has 1 fully saturated rings. The van der Waals surface area contributed by atoms with Crippen molar-refractivity contribution in [3.8, 4) is 11.5 Å². The molecule has 0 aromatic heterocycles. The normalized spacial score (nSPS) is 13.8. The summed E-state index contributed by atoms with van der Waals surface area (Å²) in [6.07, 6.45) is 1.13. The third-order valence-corrected chi connectivity index (χ3v) is 5.43. The van der Waals surface area contributed by atoms with Gasteiger partial charge in [0.25, 0.3) is 5.91 Å². The number of hydrogen-bond acceptors (Lipinski definition) is 4. The monoisotopic (exact) mass is 410 g/mol. The van der Waals surface area contributed by atoms with Crippen molar-refractivity contribution in [2.45, 2.75) is 26.7 Å². The highest BCUT2D eigenvalue weighted by atomic mass is 16.5. The van der Waals surface area contributed by atoms with E-state index in [4.69, 9.17) is 9.47 Å². The zero-order chi connectivity index (χ0) is 21.5. The summed E-state index contributed by atoms with van der Waals surface area (Å²) < 4.78 is 11.1. The van der Waals surface area contributed by atoms with Crippen LogP contribution in [0.5, 0.6) is 11.5 Å². The highest BCUT2D eigenvalue weighted by Crippen LogP contribution is 2.22. The lowest BCUT2D eigenvalue weighted by molar-refractivity contribution is -0.132. The van der Waals surface area contributed by atoms with Crippen molar-refractivity contribution in [3.05, 3.63) is 59.2 Å². The molecule has 2 aromatic carbocycles. The fourth-order valence-electron chi connectivity index (χ4n) is 3.68. The van der Waals surface area contributed by atoms with Crippen LogP contribution in [0, 0.1) is 13.8 Å². The van der Waals surface area contributed by atoms with Gasteiger partial charge in [-0.05, 0) is 49.6 Å². The Morgan fingerprint density at radius 2 is 1.57 bits per heavy atom. The number of piperazine rings is 1. The average molecular weight is 411 g/mol. The lowest BCUT2D eigenvalue weighted by Gasteiger charge is -2.35. The summed E-state index contributed by atoms with van der Waals surface area (Å²) >= 11 is 0. The molecule has 6 nitrogen and oxygen atoms in total. The molecule has 0 unspecified atom stereocenters. The van der Waals surface area contributed by atoms with Gasteiger partial charge in [-0.15, -0.1) is 0 Å². The third-order valence-electron chi connectivity index (χ3n) is 5.43. The summed E-state index contributed by atoms with van der Waals surface area (Å²) in [6.45, 7) is 6.78. The molecule has 0 radical (unpaired) electrons. The number of nitrogens with zero attached hydrogens (tertiary/aromatic N) is 2. The minimum Gasteiger partial charge on any atom is -0.497 e. The van der Waals surface area contributed by atoms with Crippen LogP contribution in [0.15, 0.2) is 42.5 Å². The molecule has 160 valence electrons. The molecule has 0 spiro atoms. The van der Waals surface area contributed by atoms with Crippen molar-refractivity contribution >= 4 is 11.8 Å². The lowest BCUT2D eigenvalue weighted by atomic mass is 10.1. The molecule has 0 saturated carbocycles. The Kier molecular flexibility index (Phi) is 7.33. The van der Waals surface area contributed by atoms with Crippen LogP contribution in [0.2, 0.25) is 0 Å². The molecule has 6 heteroatoms. The van der Waals surface area contributed by atoms with E-state index in [9.17, 15) is 9.59 Å². The van der Waals surface area contributed by atoms with Crippen LogP contribution in [-0.4, -0.2) is 61.5 Å². The Morgan fingerprint density at radius 1 is 0.933 bits per heavy atom. The summed E-state index contributed by atoms with van der Waals surface area (Å²) in [4.78, 5) is 28.9. The Morgan fingerprint density at radius 3 is 2.23 bits per heavy atom. The second kappa shape index (κ2) is 10.1. The number of ether oxygens (including phenoxy) is 2. The molecule has 1 aliphatic rings. The molecule has 2 amide bonds. The van der Waals surface area contributed by atoms with E-state index in [1.54, 1.807) is 24.1 Å². The summed E-state index contributed by atoms with van der Waals surface area (Å²) in [5.74, 6) is 1.67. The SMILES string of the molecule is COc1cccc(C(=O)N2CCN(C(=O)CCCOc3c(C)cccc3C)CC2)c1. The second-order valence-electron chi connectivity index (χ2n) is 7.58. The number of benzene rings is 2. The molecule has 0 N–H and O–H groups in total. The highest BCUT2D eigenvalue weighted by Gasteiger charge is 2.24. The van der Waals surface area contributed by atoms with Crippen LogP contribution < -0.4 is 9.47 Å². The van der Waals surface area contributed by atoms with Crippen LogP contribution in [0.25, 0.3) is 0 Å². The summed E-state index contributed by atoms with van der Waals surface area (Å²) in [6, 6.07) is 13.2. The van der Waals surface area contributed by atoms with E-state index in [0.717, 1.165) is 16.9 Å². The fraction of sp³-hybridized carbons (Fsp3) is 0.417. The zero-order valence-corrected chi connectivity index (χ0v) is 18.0. The largest absolute Gasteiger partial charge is 0.497 e. The highest BCUT2D eigenvalue weighted by molar-refractivity contribution is 5.94. The van der Waals surface area contributed by atoms with Crippen molar-refractivity contribution in [2.24, 2.45) is 0 Å².